The van der Waals surface area contributed by atoms with Crippen molar-refractivity contribution in [1.82, 2.24) is 25.1 Å². The summed E-state index contributed by atoms with van der Waals surface area (Å²) < 4.78 is 1.63. The second kappa shape index (κ2) is 9.06. The van der Waals surface area contributed by atoms with Gasteiger partial charge in [-0.25, -0.2) is 0 Å². The molecule has 3 aromatic rings. The number of amides is 1. The van der Waals surface area contributed by atoms with E-state index in [2.05, 4.69) is 49.8 Å². The standard InChI is InChI=1S/C20H23N7OS/c1-25-11-13-26(14-12-25)17-9-7-16(8-10-17)21-19(28)15-29-20-22-23-24-27(20)18-5-3-2-4-6-18/h2-10H,11-15H2,1H3,(H,21,28). The smallest absolute Gasteiger partial charge is 0.234 e. The van der Waals surface area contributed by atoms with Crippen LogP contribution in [0.15, 0.2) is 59.8 Å². The third-order valence-corrected chi connectivity index (χ3v) is 5.71. The SMILES string of the molecule is CN1CCN(c2ccc(NC(=O)CSc3nnnn3-c3ccccc3)cc2)CC1. The normalized spacial score (nSPS) is 14.7. The first-order valence-electron chi connectivity index (χ1n) is 9.49. The van der Waals surface area contributed by atoms with Gasteiger partial charge in [0.25, 0.3) is 0 Å². The number of nitrogens with one attached hydrogen (secondary N) is 1. The number of hydrogen-bond acceptors (Lipinski definition) is 7. The van der Waals surface area contributed by atoms with Crippen molar-refractivity contribution in [2.75, 3.05) is 49.2 Å². The van der Waals surface area contributed by atoms with E-state index in [9.17, 15) is 4.79 Å². The van der Waals surface area contributed by atoms with Gasteiger partial charge in [0.05, 0.1) is 11.4 Å². The molecule has 2 heterocycles. The Morgan fingerprint density at radius 1 is 1.00 bits per heavy atom. The minimum absolute atomic E-state index is 0.0926. The number of likely N-dealkylation sites (N-methyl/N-ethyl adjacent to an activating group) is 1. The third-order valence-electron chi connectivity index (χ3n) is 4.79. The number of aromatic nitrogens is 4. The van der Waals surface area contributed by atoms with Crippen molar-refractivity contribution in [3.8, 4) is 5.69 Å². The van der Waals surface area contributed by atoms with Crippen molar-refractivity contribution in [3.05, 3.63) is 54.6 Å². The highest BCUT2D eigenvalue weighted by Crippen LogP contribution is 2.21. The van der Waals surface area contributed by atoms with Crippen molar-refractivity contribution in [1.29, 1.82) is 0 Å². The summed E-state index contributed by atoms with van der Waals surface area (Å²) in [5.74, 6) is 0.137. The fraction of sp³-hybridized carbons (Fsp3) is 0.300. The number of carbonyl (C=O) groups excluding carboxylic acids is 1. The molecule has 2 aromatic carbocycles. The first-order valence-corrected chi connectivity index (χ1v) is 10.5. The van der Waals surface area contributed by atoms with Crippen LogP contribution >= 0.6 is 11.8 Å². The van der Waals surface area contributed by atoms with Gasteiger partial charge in [0.2, 0.25) is 11.1 Å². The summed E-state index contributed by atoms with van der Waals surface area (Å²) in [6.07, 6.45) is 0. The third kappa shape index (κ3) is 4.93. The molecule has 1 amide bonds. The molecular formula is C20H23N7OS. The molecule has 4 rings (SSSR count). The number of para-hydroxylation sites is 1. The lowest BCUT2D eigenvalue weighted by Crippen LogP contribution is -2.44. The molecule has 1 aromatic heterocycles. The highest BCUT2D eigenvalue weighted by molar-refractivity contribution is 7.99. The van der Waals surface area contributed by atoms with Gasteiger partial charge in [-0.15, -0.1) is 5.10 Å². The first-order chi connectivity index (χ1) is 14.2. The van der Waals surface area contributed by atoms with Crippen molar-refractivity contribution in [3.63, 3.8) is 0 Å². The van der Waals surface area contributed by atoms with Gasteiger partial charge in [-0.3, -0.25) is 4.79 Å². The number of benzene rings is 2. The molecule has 1 aliphatic rings. The summed E-state index contributed by atoms with van der Waals surface area (Å²) in [5, 5.41) is 15.3. The van der Waals surface area contributed by atoms with E-state index in [1.807, 2.05) is 42.5 Å². The fourth-order valence-electron chi connectivity index (χ4n) is 3.15. The number of hydrogen-bond donors (Lipinski definition) is 1. The second-order valence-corrected chi connectivity index (χ2v) is 7.83. The fourth-order valence-corrected chi connectivity index (χ4v) is 3.84. The zero-order valence-corrected chi connectivity index (χ0v) is 17.0. The Labute approximate surface area is 173 Å². The topological polar surface area (TPSA) is 79.2 Å². The van der Waals surface area contributed by atoms with Crippen LogP contribution in [-0.4, -0.2) is 70.0 Å². The largest absolute Gasteiger partial charge is 0.369 e. The van der Waals surface area contributed by atoms with Crippen molar-refractivity contribution in [2.24, 2.45) is 0 Å². The van der Waals surface area contributed by atoms with E-state index in [4.69, 9.17) is 0 Å². The lowest BCUT2D eigenvalue weighted by molar-refractivity contribution is -0.113. The molecule has 0 spiro atoms. The highest BCUT2D eigenvalue weighted by atomic mass is 32.2. The summed E-state index contributed by atoms with van der Waals surface area (Å²) >= 11 is 1.30. The van der Waals surface area contributed by atoms with Crippen LogP contribution in [0.1, 0.15) is 0 Å². The molecule has 0 unspecified atom stereocenters. The Balaban J connectivity index is 1.31. The number of piperazine rings is 1. The number of tetrazole rings is 1. The number of anilines is 2. The maximum absolute atomic E-state index is 12.4. The molecule has 1 N–H and O–H groups in total. The number of thioether (sulfide) groups is 1. The summed E-state index contributed by atoms with van der Waals surface area (Å²) in [6, 6.07) is 17.6. The Kier molecular flexibility index (Phi) is 6.06. The zero-order valence-electron chi connectivity index (χ0n) is 16.2. The van der Waals surface area contributed by atoms with Gasteiger partial charge >= 0.3 is 0 Å². The van der Waals surface area contributed by atoms with E-state index in [-0.39, 0.29) is 11.7 Å². The Bertz CT molecular complexity index is 937. The van der Waals surface area contributed by atoms with Gasteiger partial charge in [0.1, 0.15) is 0 Å². The molecule has 150 valence electrons. The number of carbonyl (C=O) groups is 1. The van der Waals surface area contributed by atoms with E-state index < -0.39 is 0 Å². The van der Waals surface area contributed by atoms with E-state index >= 15 is 0 Å². The molecular weight excluding hydrogens is 386 g/mol. The van der Waals surface area contributed by atoms with Crippen LogP contribution in [0.4, 0.5) is 11.4 Å². The minimum atomic E-state index is -0.0926. The molecule has 29 heavy (non-hydrogen) atoms. The molecule has 8 nitrogen and oxygen atoms in total. The zero-order chi connectivity index (χ0) is 20.1. The van der Waals surface area contributed by atoms with Crippen LogP contribution < -0.4 is 10.2 Å². The molecule has 0 atom stereocenters. The molecule has 0 bridgehead atoms. The lowest BCUT2D eigenvalue weighted by atomic mass is 10.2. The van der Waals surface area contributed by atoms with Crippen molar-refractivity contribution in [2.45, 2.75) is 5.16 Å². The van der Waals surface area contributed by atoms with Crippen molar-refractivity contribution < 1.29 is 4.79 Å². The minimum Gasteiger partial charge on any atom is -0.369 e. The molecule has 0 aliphatic carbocycles. The van der Waals surface area contributed by atoms with Gasteiger partial charge < -0.3 is 15.1 Å². The van der Waals surface area contributed by atoms with E-state index in [1.54, 1.807) is 4.68 Å². The predicted molar refractivity (Wildman–Crippen MR) is 115 cm³/mol. The molecule has 0 radical (unpaired) electrons. The summed E-state index contributed by atoms with van der Waals surface area (Å²) in [4.78, 5) is 17.0. The average Bonchev–Trinajstić information content (AvgIpc) is 3.23. The maximum Gasteiger partial charge on any atom is 0.234 e. The average molecular weight is 410 g/mol. The van der Waals surface area contributed by atoms with Crippen LogP contribution in [0.25, 0.3) is 5.69 Å². The van der Waals surface area contributed by atoms with Gasteiger partial charge in [-0.1, -0.05) is 30.0 Å². The maximum atomic E-state index is 12.4. The van der Waals surface area contributed by atoms with Gasteiger partial charge in [-0.05, 0) is 53.9 Å². The first kappa shape index (κ1) is 19.4. The monoisotopic (exact) mass is 409 g/mol. The van der Waals surface area contributed by atoms with E-state index in [1.165, 1.54) is 17.4 Å². The molecule has 9 heteroatoms. The van der Waals surface area contributed by atoms with E-state index in [0.29, 0.717) is 5.16 Å². The van der Waals surface area contributed by atoms with Gasteiger partial charge in [0.15, 0.2) is 0 Å². The molecule has 1 aliphatic heterocycles. The summed E-state index contributed by atoms with van der Waals surface area (Å²) in [7, 11) is 2.15. The van der Waals surface area contributed by atoms with Crippen molar-refractivity contribution >= 4 is 29.0 Å². The molecule has 0 saturated carbocycles. The Morgan fingerprint density at radius 3 is 2.45 bits per heavy atom. The summed E-state index contributed by atoms with van der Waals surface area (Å²) in [5.41, 5.74) is 2.84. The van der Waals surface area contributed by atoms with Crippen LogP contribution in [-0.2, 0) is 4.79 Å². The Hall–Kier alpha value is -2.91. The van der Waals surface area contributed by atoms with E-state index in [0.717, 1.165) is 37.6 Å². The number of nitrogens with zero attached hydrogens (tertiary/aromatic N) is 6. The highest BCUT2D eigenvalue weighted by Gasteiger charge is 2.15. The second-order valence-electron chi connectivity index (χ2n) is 6.88. The lowest BCUT2D eigenvalue weighted by Gasteiger charge is -2.34. The van der Waals surface area contributed by atoms with Crippen LogP contribution in [0, 0.1) is 0 Å². The number of rotatable bonds is 6. The summed E-state index contributed by atoms with van der Waals surface area (Å²) in [6.45, 7) is 4.18. The van der Waals surface area contributed by atoms with Crippen LogP contribution in [0.5, 0.6) is 0 Å². The van der Waals surface area contributed by atoms with Gasteiger partial charge in [-0.2, -0.15) is 4.68 Å². The quantitative estimate of drug-likeness (QED) is 0.625. The Morgan fingerprint density at radius 2 is 1.72 bits per heavy atom. The van der Waals surface area contributed by atoms with Gasteiger partial charge in [0, 0.05) is 37.6 Å². The molecule has 1 saturated heterocycles. The van der Waals surface area contributed by atoms with Crippen LogP contribution in [0.2, 0.25) is 0 Å². The predicted octanol–water partition coefficient (Wildman–Crippen LogP) is 2.14. The van der Waals surface area contributed by atoms with Crippen LogP contribution in [0.3, 0.4) is 0 Å². The molecule has 1 fully saturated rings.